The summed E-state index contributed by atoms with van der Waals surface area (Å²) in [4.78, 5) is 25.2. The van der Waals surface area contributed by atoms with Crippen molar-refractivity contribution in [2.45, 2.75) is 6.54 Å². The second kappa shape index (κ2) is 7.19. The van der Waals surface area contributed by atoms with Crippen LogP contribution in [0.3, 0.4) is 0 Å². The lowest BCUT2D eigenvalue weighted by molar-refractivity contribution is 0.0951. The van der Waals surface area contributed by atoms with E-state index in [1.165, 1.54) is 0 Å². The maximum atomic E-state index is 12.6. The molecule has 1 aliphatic rings. The summed E-state index contributed by atoms with van der Waals surface area (Å²) in [5, 5.41) is 2.88. The summed E-state index contributed by atoms with van der Waals surface area (Å²) in [6.45, 7) is 0.317. The summed E-state index contributed by atoms with van der Waals surface area (Å²) in [6.07, 6.45) is 0. The lowest BCUT2D eigenvalue weighted by Crippen LogP contribution is -2.23. The molecule has 0 radical (unpaired) electrons. The Hall–Kier alpha value is -3.60. The monoisotopic (exact) mass is 373 g/mol. The quantitative estimate of drug-likeness (QED) is 0.577. The number of nitrogens with one attached hydrogen (secondary N) is 1. The first-order valence-corrected chi connectivity index (χ1v) is 8.89. The lowest BCUT2D eigenvalue weighted by Gasteiger charge is -2.10. The minimum atomic E-state index is -0.242. The number of ether oxygens (including phenoxy) is 2. The molecule has 3 aromatic rings. The average Bonchev–Trinajstić information content (AvgIpc) is 3.03. The van der Waals surface area contributed by atoms with Crippen molar-refractivity contribution in [1.29, 1.82) is 0 Å². The average molecular weight is 373 g/mol. The van der Waals surface area contributed by atoms with Crippen molar-refractivity contribution in [1.82, 2.24) is 5.32 Å². The van der Waals surface area contributed by atoms with Crippen molar-refractivity contribution in [3.63, 3.8) is 0 Å². The molecule has 0 spiro atoms. The Morgan fingerprint density at radius 3 is 2.14 bits per heavy atom. The summed E-state index contributed by atoms with van der Waals surface area (Å²) >= 11 is 0. The Morgan fingerprint density at radius 1 is 0.821 bits per heavy atom. The van der Waals surface area contributed by atoms with E-state index in [-0.39, 0.29) is 11.7 Å². The molecule has 4 rings (SSSR count). The molecule has 0 fully saturated rings. The third-order valence-electron chi connectivity index (χ3n) is 4.85. The molecular formula is C23H19NO4. The molecule has 1 amide bonds. The van der Waals surface area contributed by atoms with Crippen LogP contribution in [0.25, 0.3) is 11.1 Å². The maximum Gasteiger partial charge on any atom is 0.251 e. The third kappa shape index (κ3) is 3.11. The first kappa shape index (κ1) is 17.8. The van der Waals surface area contributed by atoms with E-state index >= 15 is 0 Å². The number of amides is 1. The number of carbonyl (C=O) groups excluding carboxylic acids is 2. The Balaban J connectivity index is 1.54. The van der Waals surface area contributed by atoms with Crippen LogP contribution in [0.4, 0.5) is 0 Å². The molecule has 0 unspecified atom stereocenters. The maximum absolute atomic E-state index is 12.6. The molecule has 0 saturated heterocycles. The van der Waals surface area contributed by atoms with Gasteiger partial charge in [0.15, 0.2) is 5.78 Å². The molecule has 3 aromatic carbocycles. The summed E-state index contributed by atoms with van der Waals surface area (Å²) in [5.41, 5.74) is 4.34. The molecule has 0 aromatic heterocycles. The van der Waals surface area contributed by atoms with Crippen LogP contribution in [0.5, 0.6) is 11.5 Å². The second-order valence-corrected chi connectivity index (χ2v) is 6.54. The fourth-order valence-electron chi connectivity index (χ4n) is 3.42. The molecular weight excluding hydrogens is 354 g/mol. The van der Waals surface area contributed by atoms with Crippen LogP contribution in [0.1, 0.15) is 31.8 Å². The van der Waals surface area contributed by atoms with Gasteiger partial charge in [0.25, 0.3) is 5.91 Å². The van der Waals surface area contributed by atoms with Crippen molar-refractivity contribution >= 4 is 11.7 Å². The largest absolute Gasteiger partial charge is 0.497 e. The molecule has 0 saturated carbocycles. The minimum Gasteiger partial charge on any atom is -0.497 e. The molecule has 5 nitrogen and oxygen atoms in total. The second-order valence-electron chi connectivity index (χ2n) is 6.54. The van der Waals surface area contributed by atoms with Gasteiger partial charge in [0, 0.05) is 29.3 Å². The van der Waals surface area contributed by atoms with Gasteiger partial charge in [-0.15, -0.1) is 0 Å². The highest BCUT2D eigenvalue weighted by Crippen LogP contribution is 2.36. The molecule has 5 heteroatoms. The van der Waals surface area contributed by atoms with Gasteiger partial charge in [-0.05, 0) is 41.0 Å². The van der Waals surface area contributed by atoms with E-state index in [4.69, 9.17) is 9.47 Å². The minimum absolute atomic E-state index is 0.0437. The highest BCUT2D eigenvalue weighted by atomic mass is 16.5. The first-order valence-electron chi connectivity index (χ1n) is 8.89. The van der Waals surface area contributed by atoms with Gasteiger partial charge in [-0.1, -0.05) is 30.3 Å². The Labute approximate surface area is 162 Å². The van der Waals surface area contributed by atoms with E-state index in [0.29, 0.717) is 34.7 Å². The molecule has 0 atom stereocenters. The molecule has 140 valence electrons. The van der Waals surface area contributed by atoms with Crippen LogP contribution in [-0.2, 0) is 6.54 Å². The molecule has 0 aliphatic heterocycles. The molecule has 1 aliphatic carbocycles. The normalized spacial score (nSPS) is 11.6. The summed E-state index contributed by atoms with van der Waals surface area (Å²) in [6, 6.07) is 18.2. The first-order chi connectivity index (χ1) is 13.6. The van der Waals surface area contributed by atoms with Gasteiger partial charge in [0.05, 0.1) is 14.2 Å². The Kier molecular flexibility index (Phi) is 4.57. The number of rotatable bonds is 5. The number of hydrogen-bond donors (Lipinski definition) is 1. The van der Waals surface area contributed by atoms with E-state index in [1.807, 2.05) is 42.5 Å². The van der Waals surface area contributed by atoms with Gasteiger partial charge < -0.3 is 14.8 Å². The zero-order chi connectivity index (χ0) is 19.7. The van der Waals surface area contributed by atoms with Gasteiger partial charge in [0.1, 0.15) is 11.5 Å². The molecule has 0 bridgehead atoms. The lowest BCUT2D eigenvalue weighted by atomic mass is 10.0. The summed E-state index contributed by atoms with van der Waals surface area (Å²) in [5.74, 6) is 1.03. The summed E-state index contributed by atoms with van der Waals surface area (Å²) < 4.78 is 10.5. The Morgan fingerprint density at radius 2 is 1.46 bits per heavy atom. The van der Waals surface area contributed by atoms with E-state index < -0.39 is 0 Å². The van der Waals surface area contributed by atoms with E-state index in [1.54, 1.807) is 32.4 Å². The number of benzene rings is 3. The van der Waals surface area contributed by atoms with Gasteiger partial charge in [-0.2, -0.15) is 0 Å². The van der Waals surface area contributed by atoms with Crippen LogP contribution in [-0.4, -0.2) is 25.9 Å². The topological polar surface area (TPSA) is 64.6 Å². The predicted molar refractivity (Wildman–Crippen MR) is 106 cm³/mol. The van der Waals surface area contributed by atoms with E-state index in [9.17, 15) is 9.59 Å². The van der Waals surface area contributed by atoms with E-state index in [2.05, 4.69) is 5.32 Å². The Bertz CT molecular complexity index is 1070. The summed E-state index contributed by atoms with van der Waals surface area (Å²) in [7, 11) is 3.16. The van der Waals surface area contributed by atoms with Gasteiger partial charge in [-0.3, -0.25) is 9.59 Å². The van der Waals surface area contributed by atoms with E-state index in [0.717, 1.165) is 16.7 Å². The van der Waals surface area contributed by atoms with Crippen LogP contribution in [0, 0.1) is 0 Å². The van der Waals surface area contributed by atoms with Crippen molar-refractivity contribution < 1.29 is 19.1 Å². The fourth-order valence-corrected chi connectivity index (χ4v) is 3.42. The number of hydrogen-bond acceptors (Lipinski definition) is 4. The van der Waals surface area contributed by atoms with Crippen molar-refractivity contribution in [3.8, 4) is 22.6 Å². The van der Waals surface area contributed by atoms with Crippen LogP contribution in [0.15, 0.2) is 60.7 Å². The van der Waals surface area contributed by atoms with Gasteiger partial charge in [0.2, 0.25) is 0 Å². The number of methoxy groups -OCH3 is 2. The number of carbonyl (C=O) groups is 2. The highest BCUT2D eigenvalue weighted by Gasteiger charge is 2.26. The standard InChI is InChI=1S/C23H19NO4/c1-27-16-9-14(10-17(12-16)28-2)13-24-23(26)15-7-8-19-18-5-3-4-6-20(18)22(25)21(19)11-15/h3-12H,13H2,1-2H3,(H,24,26). The van der Waals surface area contributed by atoms with Crippen molar-refractivity contribution in [2.75, 3.05) is 14.2 Å². The third-order valence-corrected chi connectivity index (χ3v) is 4.85. The molecule has 28 heavy (non-hydrogen) atoms. The van der Waals surface area contributed by atoms with Gasteiger partial charge in [-0.25, -0.2) is 0 Å². The van der Waals surface area contributed by atoms with Crippen LogP contribution >= 0.6 is 0 Å². The highest BCUT2D eigenvalue weighted by molar-refractivity contribution is 6.22. The van der Waals surface area contributed by atoms with Crippen LogP contribution < -0.4 is 14.8 Å². The zero-order valence-electron chi connectivity index (χ0n) is 15.6. The fraction of sp³-hybridized carbons (Fsp3) is 0.130. The molecule has 1 N–H and O–H groups in total. The smallest absolute Gasteiger partial charge is 0.251 e. The number of ketones is 1. The predicted octanol–water partition coefficient (Wildman–Crippen LogP) is 3.85. The van der Waals surface area contributed by atoms with Crippen molar-refractivity contribution in [3.05, 3.63) is 82.9 Å². The SMILES string of the molecule is COc1cc(CNC(=O)c2ccc3c(c2)C(=O)c2ccccc2-3)cc(OC)c1. The zero-order valence-corrected chi connectivity index (χ0v) is 15.6. The molecule has 0 heterocycles. The van der Waals surface area contributed by atoms with Gasteiger partial charge >= 0.3 is 0 Å². The van der Waals surface area contributed by atoms with Crippen LogP contribution in [0.2, 0.25) is 0 Å². The number of fused-ring (bicyclic) bond motifs is 3. The van der Waals surface area contributed by atoms with Crippen molar-refractivity contribution in [2.24, 2.45) is 0 Å².